The maximum absolute atomic E-state index is 12.7. The van der Waals surface area contributed by atoms with Crippen LogP contribution in [0.15, 0.2) is 22.7 Å². The van der Waals surface area contributed by atoms with E-state index in [0.717, 1.165) is 35.7 Å². The summed E-state index contributed by atoms with van der Waals surface area (Å²) in [6.45, 7) is 2.26. The lowest BCUT2D eigenvalue weighted by Crippen LogP contribution is -2.37. The van der Waals surface area contributed by atoms with Crippen molar-refractivity contribution in [2.45, 2.75) is 45.2 Å². The third-order valence-electron chi connectivity index (χ3n) is 4.82. The molecule has 0 aliphatic heterocycles. The second-order valence-electron chi connectivity index (χ2n) is 6.94. The third kappa shape index (κ3) is 5.54. The Morgan fingerprint density at radius 1 is 1.25 bits per heavy atom. The third-order valence-corrected chi connectivity index (χ3v) is 5.66. The average molecular weight is 468 g/mol. The fourth-order valence-corrected chi connectivity index (χ4v) is 4.13. The van der Waals surface area contributed by atoms with E-state index in [2.05, 4.69) is 46.8 Å². The van der Waals surface area contributed by atoms with Crippen molar-refractivity contribution in [1.82, 2.24) is 20.3 Å². The van der Waals surface area contributed by atoms with Crippen molar-refractivity contribution in [2.75, 3.05) is 17.7 Å². The Morgan fingerprint density at radius 2 is 2.04 bits per heavy atom. The number of hydrogen-bond acceptors (Lipinski definition) is 6. The molecular weight excluding hydrogens is 444 g/mol. The molecule has 28 heavy (non-hydrogen) atoms. The Kier molecular flexibility index (Phi) is 7.07. The molecule has 9 heteroatoms. The van der Waals surface area contributed by atoms with E-state index in [9.17, 15) is 4.79 Å². The van der Waals surface area contributed by atoms with Crippen LogP contribution in [-0.4, -0.2) is 33.9 Å². The molecule has 3 N–H and O–H groups in total. The van der Waals surface area contributed by atoms with Gasteiger partial charge in [-0.15, -0.1) is 0 Å². The maximum Gasteiger partial charge on any atom is 0.227 e. The minimum absolute atomic E-state index is 0.0350. The molecule has 3 rings (SSSR count). The molecule has 1 aromatic heterocycles. The molecule has 2 atom stereocenters. The Hall–Kier alpha value is -1.93. The molecule has 0 saturated heterocycles. The normalized spacial score (nSPS) is 19.1. The molecule has 1 aliphatic carbocycles. The molecule has 1 aromatic carbocycles. The number of nitrogens with one attached hydrogen (secondary N) is 3. The first-order valence-electron chi connectivity index (χ1n) is 9.33. The van der Waals surface area contributed by atoms with E-state index < -0.39 is 0 Å². The summed E-state index contributed by atoms with van der Waals surface area (Å²) < 4.78 is 0.920. The number of carbonyl (C=O) groups excluding carboxylic acids is 1. The van der Waals surface area contributed by atoms with Crippen LogP contribution in [0.3, 0.4) is 0 Å². The molecule has 1 aliphatic rings. The minimum Gasteiger partial charge on any atom is -0.357 e. The van der Waals surface area contributed by atoms with E-state index in [0.29, 0.717) is 29.3 Å². The van der Waals surface area contributed by atoms with Crippen LogP contribution in [0.1, 0.15) is 37.1 Å². The number of amides is 1. The Labute approximate surface area is 178 Å². The second kappa shape index (κ2) is 9.52. The first-order valence-corrected chi connectivity index (χ1v) is 10.5. The molecule has 150 valence electrons. The van der Waals surface area contributed by atoms with Gasteiger partial charge in [-0.25, -0.2) is 0 Å². The van der Waals surface area contributed by atoms with Gasteiger partial charge in [-0.1, -0.05) is 40.0 Å². The number of aryl methyl sites for hydroxylation is 1. The largest absolute Gasteiger partial charge is 0.357 e. The molecule has 0 unspecified atom stereocenters. The predicted molar refractivity (Wildman–Crippen MR) is 114 cm³/mol. The summed E-state index contributed by atoms with van der Waals surface area (Å²) in [5.74, 6) is 1.76. The van der Waals surface area contributed by atoms with Gasteiger partial charge in [0.15, 0.2) is 0 Å². The molecule has 1 amide bonds. The molecular formula is C19H24BrClN6O. The highest BCUT2D eigenvalue weighted by Gasteiger charge is 2.27. The average Bonchev–Trinajstić information content (AvgIpc) is 2.66. The minimum atomic E-state index is -0.0350. The second-order valence-corrected chi connectivity index (χ2v) is 8.26. The number of hydrogen-bond donors (Lipinski definition) is 3. The smallest absolute Gasteiger partial charge is 0.227 e. The summed E-state index contributed by atoms with van der Waals surface area (Å²) in [5.41, 5.74) is 0.906. The van der Waals surface area contributed by atoms with Gasteiger partial charge in [0.2, 0.25) is 17.8 Å². The van der Waals surface area contributed by atoms with E-state index in [1.54, 1.807) is 7.05 Å². The first-order chi connectivity index (χ1) is 13.4. The monoisotopic (exact) mass is 466 g/mol. The SMILES string of the molecule is CNc1nc(C)nc(N[C@H]2CCC[C@@H](C(=O)NCc3ccc(Br)cc3Cl)C2)n1. The van der Waals surface area contributed by atoms with Crippen LogP contribution in [0.2, 0.25) is 5.02 Å². The van der Waals surface area contributed by atoms with E-state index in [-0.39, 0.29) is 17.9 Å². The number of nitrogens with zero attached hydrogens (tertiary/aromatic N) is 3. The number of benzene rings is 1. The van der Waals surface area contributed by atoms with Crippen molar-refractivity contribution in [3.05, 3.63) is 39.1 Å². The quantitative estimate of drug-likeness (QED) is 0.596. The van der Waals surface area contributed by atoms with Gasteiger partial charge in [0, 0.05) is 35.0 Å². The van der Waals surface area contributed by atoms with Gasteiger partial charge in [-0.05, 0) is 43.9 Å². The molecule has 0 radical (unpaired) electrons. The fourth-order valence-electron chi connectivity index (χ4n) is 3.39. The van der Waals surface area contributed by atoms with Crippen LogP contribution in [0.5, 0.6) is 0 Å². The van der Waals surface area contributed by atoms with Crippen molar-refractivity contribution in [3.63, 3.8) is 0 Å². The van der Waals surface area contributed by atoms with Crippen LogP contribution in [0, 0.1) is 12.8 Å². The zero-order chi connectivity index (χ0) is 20.1. The van der Waals surface area contributed by atoms with Crippen LogP contribution >= 0.6 is 27.5 Å². The first kappa shape index (κ1) is 20.8. The fraction of sp³-hybridized carbons (Fsp3) is 0.474. The lowest BCUT2D eigenvalue weighted by molar-refractivity contribution is -0.126. The zero-order valence-corrected chi connectivity index (χ0v) is 18.3. The molecule has 0 bridgehead atoms. The summed E-state index contributed by atoms with van der Waals surface area (Å²) in [6.07, 6.45) is 3.61. The van der Waals surface area contributed by atoms with E-state index in [1.165, 1.54) is 0 Å². The molecule has 1 heterocycles. The van der Waals surface area contributed by atoms with Gasteiger partial charge in [0.05, 0.1) is 0 Å². The van der Waals surface area contributed by atoms with Gasteiger partial charge < -0.3 is 16.0 Å². The van der Waals surface area contributed by atoms with Crippen LogP contribution < -0.4 is 16.0 Å². The van der Waals surface area contributed by atoms with Crippen molar-refractivity contribution >= 4 is 45.3 Å². The van der Waals surface area contributed by atoms with Crippen molar-refractivity contribution in [1.29, 1.82) is 0 Å². The summed E-state index contributed by atoms with van der Waals surface area (Å²) in [6, 6.07) is 5.83. The number of anilines is 2. The summed E-state index contributed by atoms with van der Waals surface area (Å²) >= 11 is 9.62. The van der Waals surface area contributed by atoms with Crippen molar-refractivity contribution < 1.29 is 4.79 Å². The molecule has 0 spiro atoms. The number of carbonyl (C=O) groups is 1. The summed E-state index contributed by atoms with van der Waals surface area (Å²) in [5, 5.41) is 9.96. The molecule has 1 fully saturated rings. The number of halogens is 2. The van der Waals surface area contributed by atoms with Gasteiger partial charge >= 0.3 is 0 Å². The molecule has 2 aromatic rings. The highest BCUT2D eigenvalue weighted by Crippen LogP contribution is 2.27. The topological polar surface area (TPSA) is 91.8 Å². The Bertz CT molecular complexity index is 849. The van der Waals surface area contributed by atoms with Crippen molar-refractivity contribution in [2.24, 2.45) is 5.92 Å². The number of rotatable bonds is 6. The van der Waals surface area contributed by atoms with E-state index in [1.807, 2.05) is 25.1 Å². The summed E-state index contributed by atoms with van der Waals surface area (Å²) in [4.78, 5) is 25.6. The van der Waals surface area contributed by atoms with Crippen LogP contribution in [0.25, 0.3) is 0 Å². The number of aromatic nitrogens is 3. The molecule has 7 nitrogen and oxygen atoms in total. The standard InChI is InChI=1S/C19H24BrClN6O/c1-11-24-18(22-2)27-19(25-11)26-15-5-3-4-12(8-15)17(28)23-10-13-6-7-14(20)9-16(13)21/h6-7,9,12,15H,3-5,8,10H2,1-2H3,(H,23,28)(H2,22,24,25,26,27)/t12-,15+/m1/s1. The lowest BCUT2D eigenvalue weighted by atomic mass is 9.85. The van der Waals surface area contributed by atoms with Crippen molar-refractivity contribution in [3.8, 4) is 0 Å². The van der Waals surface area contributed by atoms with Crippen LogP contribution in [-0.2, 0) is 11.3 Å². The van der Waals surface area contributed by atoms with E-state index >= 15 is 0 Å². The maximum atomic E-state index is 12.7. The van der Waals surface area contributed by atoms with Gasteiger partial charge in [0.1, 0.15) is 5.82 Å². The van der Waals surface area contributed by atoms with E-state index in [4.69, 9.17) is 11.6 Å². The highest BCUT2D eigenvalue weighted by atomic mass is 79.9. The van der Waals surface area contributed by atoms with Crippen LogP contribution in [0.4, 0.5) is 11.9 Å². The van der Waals surface area contributed by atoms with Gasteiger partial charge in [-0.3, -0.25) is 4.79 Å². The Balaban J connectivity index is 1.56. The van der Waals surface area contributed by atoms with Gasteiger partial charge in [0.25, 0.3) is 0 Å². The summed E-state index contributed by atoms with van der Waals surface area (Å²) in [7, 11) is 1.78. The van der Waals surface area contributed by atoms with Gasteiger partial charge in [-0.2, -0.15) is 15.0 Å². The highest BCUT2D eigenvalue weighted by molar-refractivity contribution is 9.10. The Morgan fingerprint density at radius 3 is 2.79 bits per heavy atom. The lowest BCUT2D eigenvalue weighted by Gasteiger charge is -2.29. The zero-order valence-electron chi connectivity index (χ0n) is 15.9. The predicted octanol–water partition coefficient (Wildman–Crippen LogP) is 3.92. The molecule has 1 saturated carbocycles.